The fraction of sp³-hybridized carbons (Fsp3) is 0.323. The molecule has 0 bridgehead atoms. The van der Waals surface area contributed by atoms with Crippen LogP contribution in [0.4, 0.5) is 5.69 Å². The third-order valence-electron chi connectivity index (χ3n) is 7.42. The Morgan fingerprint density at radius 2 is 1.91 bits per heavy atom. The molecule has 2 aromatic heterocycles. The number of benzene rings is 2. The summed E-state index contributed by atoms with van der Waals surface area (Å²) in [4.78, 5) is 30.2. The van der Waals surface area contributed by atoms with E-state index in [-0.39, 0.29) is 22.3 Å². The molecule has 3 heterocycles. The van der Waals surface area contributed by atoms with Crippen LogP contribution in [0.25, 0.3) is 22.1 Å². The number of ether oxygens (including phenoxy) is 4. The number of aromatic hydroxyl groups is 1. The van der Waals surface area contributed by atoms with Gasteiger partial charge in [-0.2, -0.15) is 0 Å². The summed E-state index contributed by atoms with van der Waals surface area (Å²) in [6.45, 7) is 4.97. The highest BCUT2D eigenvalue weighted by atomic mass is 16.7. The summed E-state index contributed by atoms with van der Waals surface area (Å²) >= 11 is 0. The van der Waals surface area contributed by atoms with Crippen LogP contribution in [0.1, 0.15) is 29.8 Å². The lowest BCUT2D eigenvalue weighted by Gasteiger charge is -2.48. The third kappa shape index (κ3) is 6.01. The molecule has 6 N–H and O–H groups in total. The molecule has 5 rings (SSSR count). The van der Waals surface area contributed by atoms with E-state index in [1.54, 1.807) is 57.4 Å². The van der Waals surface area contributed by atoms with Crippen LogP contribution in [0.15, 0.2) is 70.1 Å². The number of hydrogen-bond acceptors (Lipinski definition) is 12. The molecule has 13 heteroatoms. The summed E-state index contributed by atoms with van der Waals surface area (Å²) in [7, 11) is 1.40. The number of carbonyl (C=O) groups excluding carboxylic acids is 1. The molecule has 1 aliphatic heterocycles. The van der Waals surface area contributed by atoms with Crippen molar-refractivity contribution in [3.05, 3.63) is 82.5 Å². The van der Waals surface area contributed by atoms with E-state index in [4.69, 9.17) is 29.1 Å². The maximum absolute atomic E-state index is 13.1. The average molecular weight is 608 g/mol. The molecule has 1 saturated heterocycles. The molecule has 232 valence electrons. The molecule has 4 aromatic rings. The van der Waals surface area contributed by atoms with E-state index in [0.717, 1.165) is 11.1 Å². The number of rotatable bonds is 8. The molecule has 5 atom stereocenters. The monoisotopic (exact) mass is 607 g/mol. The zero-order valence-corrected chi connectivity index (χ0v) is 24.4. The fourth-order valence-electron chi connectivity index (χ4n) is 5.28. The van der Waals surface area contributed by atoms with Gasteiger partial charge in [0.25, 0.3) is 5.91 Å². The number of fused-ring (bicyclic) bond motifs is 1. The first-order valence-corrected chi connectivity index (χ1v) is 13.7. The molecular weight excluding hydrogens is 574 g/mol. The van der Waals surface area contributed by atoms with Gasteiger partial charge in [-0.3, -0.25) is 15.5 Å². The molecule has 1 amide bonds. The smallest absolute Gasteiger partial charge is 0.364 e. The maximum Gasteiger partial charge on any atom is 0.364 e. The van der Waals surface area contributed by atoms with E-state index in [9.17, 15) is 24.9 Å². The Kier molecular flexibility index (Phi) is 8.70. The van der Waals surface area contributed by atoms with E-state index < -0.39 is 59.6 Å². The van der Waals surface area contributed by atoms with Gasteiger partial charge in [0.15, 0.2) is 11.4 Å². The van der Waals surface area contributed by atoms with Gasteiger partial charge in [0.2, 0.25) is 12.7 Å². The lowest BCUT2D eigenvalue weighted by Crippen LogP contribution is -2.65. The van der Waals surface area contributed by atoms with E-state index in [1.165, 1.54) is 19.2 Å². The molecule has 1 unspecified atom stereocenters. The van der Waals surface area contributed by atoms with Crippen molar-refractivity contribution in [1.29, 1.82) is 0 Å². The number of hydrogen-bond donors (Lipinski definition) is 5. The Morgan fingerprint density at radius 3 is 2.59 bits per heavy atom. The van der Waals surface area contributed by atoms with E-state index in [0.29, 0.717) is 5.56 Å². The normalized spacial score (nSPS) is 22.0. The van der Waals surface area contributed by atoms with Crippen LogP contribution in [0.2, 0.25) is 0 Å². The van der Waals surface area contributed by atoms with Crippen LogP contribution in [0.3, 0.4) is 0 Å². The zero-order chi connectivity index (χ0) is 31.8. The summed E-state index contributed by atoms with van der Waals surface area (Å²) in [5.41, 5.74) is 5.03. The van der Waals surface area contributed by atoms with Gasteiger partial charge in [0.1, 0.15) is 29.6 Å². The van der Waals surface area contributed by atoms with Gasteiger partial charge >= 0.3 is 5.63 Å². The SMILES string of the molecule is CO[C@@H]1[C@@H](OC(N)O)[C@@H](O)[C@H](Oc2ccc3c(O)c(NC(=O)c4cccc(-c5cccnc5)c4)c(=O)oc3c2C)OC1(C)C. The Bertz CT molecular complexity index is 1720. The van der Waals surface area contributed by atoms with Gasteiger partial charge in [0.05, 0.1) is 11.0 Å². The number of carbonyl (C=O) groups is 1. The van der Waals surface area contributed by atoms with E-state index in [2.05, 4.69) is 10.3 Å². The lowest BCUT2D eigenvalue weighted by atomic mass is 9.89. The van der Waals surface area contributed by atoms with Crippen molar-refractivity contribution in [3.8, 4) is 22.6 Å². The number of nitrogens with zero attached hydrogens (tertiary/aromatic N) is 1. The number of aliphatic hydroxyl groups is 2. The standard InChI is InChI=1S/C31H33N3O10/c1-15-20(41-29-23(36)25(43-30(32)39)26(40-4)31(2,3)44-29)11-10-19-22(35)21(28(38)42-24(15)19)34-27(37)17-8-5-7-16(13-17)18-9-6-12-33-14-18/h5-14,23,25-26,29-30,35-36,39H,32H2,1-4H3,(H,34,37)/t23-,25+,26-,29-,30?/m1/s1. The number of pyridine rings is 1. The minimum absolute atomic E-state index is 0.00826. The third-order valence-corrected chi connectivity index (χ3v) is 7.42. The van der Waals surface area contributed by atoms with E-state index in [1.807, 2.05) is 12.1 Å². The van der Waals surface area contributed by atoms with Gasteiger partial charge in [-0.25, -0.2) is 4.79 Å². The number of nitrogens with one attached hydrogen (secondary N) is 1. The van der Waals surface area contributed by atoms with Crippen LogP contribution in [-0.2, 0) is 14.2 Å². The number of methoxy groups -OCH3 is 1. The van der Waals surface area contributed by atoms with Crippen molar-refractivity contribution in [2.45, 2.75) is 57.4 Å². The average Bonchev–Trinajstić information content (AvgIpc) is 2.99. The van der Waals surface area contributed by atoms with E-state index >= 15 is 0 Å². The quantitative estimate of drug-likeness (QED) is 0.145. The van der Waals surface area contributed by atoms with Crippen LogP contribution in [-0.4, -0.2) is 69.9 Å². The predicted octanol–water partition coefficient (Wildman–Crippen LogP) is 2.63. The summed E-state index contributed by atoms with van der Waals surface area (Å²) in [6.07, 6.45) is -3.07. The summed E-state index contributed by atoms with van der Waals surface area (Å²) < 4.78 is 28.2. The number of anilines is 1. The van der Waals surface area contributed by atoms with Gasteiger partial charge in [-0.1, -0.05) is 18.2 Å². The first kappa shape index (κ1) is 31.1. The molecule has 2 aromatic carbocycles. The first-order valence-electron chi connectivity index (χ1n) is 13.7. The number of aryl methyl sites for hydroxylation is 1. The van der Waals surface area contributed by atoms with Crippen molar-refractivity contribution in [1.82, 2.24) is 4.98 Å². The largest absolute Gasteiger partial charge is 0.505 e. The predicted molar refractivity (Wildman–Crippen MR) is 158 cm³/mol. The van der Waals surface area contributed by atoms with Crippen LogP contribution in [0.5, 0.6) is 11.5 Å². The second kappa shape index (κ2) is 12.3. The second-order valence-corrected chi connectivity index (χ2v) is 10.8. The van der Waals surface area contributed by atoms with Crippen LogP contribution < -0.4 is 21.4 Å². The van der Waals surface area contributed by atoms with Crippen molar-refractivity contribution in [3.63, 3.8) is 0 Å². The lowest BCUT2D eigenvalue weighted by molar-refractivity contribution is -0.329. The highest BCUT2D eigenvalue weighted by molar-refractivity contribution is 6.07. The minimum Gasteiger partial charge on any atom is -0.505 e. The van der Waals surface area contributed by atoms with Crippen molar-refractivity contribution >= 4 is 22.6 Å². The van der Waals surface area contributed by atoms with Gasteiger partial charge in [0, 0.05) is 36.2 Å². The summed E-state index contributed by atoms with van der Waals surface area (Å²) in [6, 6.07) is 13.3. The van der Waals surface area contributed by atoms with Crippen molar-refractivity contribution in [2.24, 2.45) is 5.73 Å². The molecule has 0 saturated carbocycles. The summed E-state index contributed by atoms with van der Waals surface area (Å²) in [5, 5.41) is 34.2. The fourth-order valence-corrected chi connectivity index (χ4v) is 5.28. The second-order valence-electron chi connectivity index (χ2n) is 10.8. The molecule has 13 nitrogen and oxygen atoms in total. The minimum atomic E-state index is -1.69. The number of aromatic nitrogens is 1. The maximum atomic E-state index is 13.1. The highest BCUT2D eigenvalue weighted by Crippen LogP contribution is 2.38. The Morgan fingerprint density at radius 1 is 1.16 bits per heavy atom. The molecule has 0 spiro atoms. The molecule has 1 aliphatic rings. The van der Waals surface area contributed by atoms with Crippen LogP contribution in [0, 0.1) is 6.92 Å². The number of amides is 1. The molecular formula is C31H33N3O10. The Labute approximate surface area is 251 Å². The number of nitrogens with two attached hydrogens (primary N) is 1. The topological polar surface area (TPSA) is 196 Å². The highest BCUT2D eigenvalue weighted by Gasteiger charge is 2.52. The number of aliphatic hydroxyl groups excluding tert-OH is 2. The molecule has 1 fully saturated rings. The van der Waals surface area contributed by atoms with Gasteiger partial charge < -0.3 is 44.0 Å². The van der Waals surface area contributed by atoms with Crippen molar-refractivity contribution in [2.75, 3.05) is 12.4 Å². The van der Waals surface area contributed by atoms with Crippen molar-refractivity contribution < 1.29 is 43.5 Å². The Balaban J connectivity index is 1.42. The summed E-state index contributed by atoms with van der Waals surface area (Å²) in [5.74, 6) is -0.966. The van der Waals surface area contributed by atoms with Crippen LogP contribution >= 0.6 is 0 Å². The molecule has 0 radical (unpaired) electrons. The zero-order valence-electron chi connectivity index (χ0n) is 24.4. The first-order chi connectivity index (χ1) is 20.9. The molecule has 44 heavy (non-hydrogen) atoms. The Hall–Kier alpha value is -4.37. The van der Waals surface area contributed by atoms with Gasteiger partial charge in [-0.15, -0.1) is 0 Å². The molecule has 0 aliphatic carbocycles. The van der Waals surface area contributed by atoms with Gasteiger partial charge in [-0.05, 0) is 56.7 Å².